The van der Waals surface area contributed by atoms with Gasteiger partial charge in [-0.2, -0.15) is 0 Å². The van der Waals surface area contributed by atoms with Crippen molar-refractivity contribution in [1.29, 1.82) is 0 Å². The van der Waals surface area contributed by atoms with E-state index < -0.39 is 6.10 Å². The van der Waals surface area contributed by atoms with Crippen LogP contribution in [0.3, 0.4) is 0 Å². The van der Waals surface area contributed by atoms with E-state index in [-0.39, 0.29) is 0 Å². The van der Waals surface area contributed by atoms with Gasteiger partial charge in [-0.05, 0) is 43.7 Å². The highest BCUT2D eigenvalue weighted by Crippen LogP contribution is 2.24. The highest BCUT2D eigenvalue weighted by Gasteiger charge is 2.15. The van der Waals surface area contributed by atoms with E-state index in [1.165, 1.54) is 37.7 Å². The maximum atomic E-state index is 10.2. The molecular formula is C17H26O2. The van der Waals surface area contributed by atoms with Gasteiger partial charge in [0, 0.05) is 6.61 Å². The molecule has 19 heavy (non-hydrogen) atoms. The number of aryl methyl sites for hydroxylation is 2. The molecule has 0 heterocycles. The zero-order valence-corrected chi connectivity index (χ0v) is 12.2. The van der Waals surface area contributed by atoms with E-state index in [2.05, 4.69) is 13.0 Å². The summed E-state index contributed by atoms with van der Waals surface area (Å²) in [5.74, 6) is 0.708. The average Bonchev–Trinajstić information content (AvgIpc) is 2.39. The van der Waals surface area contributed by atoms with Crippen molar-refractivity contribution < 1.29 is 9.84 Å². The second-order valence-corrected chi connectivity index (χ2v) is 5.92. The van der Waals surface area contributed by atoms with E-state index >= 15 is 0 Å². The van der Waals surface area contributed by atoms with Crippen molar-refractivity contribution in [2.45, 2.75) is 52.1 Å². The molecule has 1 unspecified atom stereocenters. The topological polar surface area (TPSA) is 29.5 Å². The van der Waals surface area contributed by atoms with Gasteiger partial charge in [0.15, 0.2) is 0 Å². The number of benzene rings is 1. The molecule has 1 N–H and O–H groups in total. The summed E-state index contributed by atoms with van der Waals surface area (Å²) in [7, 11) is 0. The van der Waals surface area contributed by atoms with Gasteiger partial charge in [0.25, 0.3) is 0 Å². The fourth-order valence-electron chi connectivity index (χ4n) is 2.99. The molecule has 2 nitrogen and oxygen atoms in total. The molecule has 0 spiro atoms. The number of rotatable bonds is 5. The van der Waals surface area contributed by atoms with Crippen LogP contribution in [-0.4, -0.2) is 18.3 Å². The summed E-state index contributed by atoms with van der Waals surface area (Å²) in [5, 5.41) is 10.2. The van der Waals surface area contributed by atoms with E-state index in [0.717, 1.165) is 17.7 Å². The molecule has 1 aliphatic rings. The molecule has 1 atom stereocenters. The van der Waals surface area contributed by atoms with Crippen molar-refractivity contribution in [2.75, 3.05) is 13.2 Å². The van der Waals surface area contributed by atoms with Gasteiger partial charge in [-0.3, -0.25) is 0 Å². The first-order valence-corrected chi connectivity index (χ1v) is 7.50. The van der Waals surface area contributed by atoms with Crippen LogP contribution < -0.4 is 0 Å². The number of aliphatic hydroxyl groups is 1. The smallest absolute Gasteiger partial charge is 0.103 e. The van der Waals surface area contributed by atoms with Crippen molar-refractivity contribution in [3.63, 3.8) is 0 Å². The molecule has 0 radical (unpaired) electrons. The molecule has 2 rings (SSSR count). The van der Waals surface area contributed by atoms with Crippen LogP contribution in [0, 0.1) is 19.8 Å². The first-order chi connectivity index (χ1) is 9.16. The largest absolute Gasteiger partial charge is 0.386 e. The fourth-order valence-corrected chi connectivity index (χ4v) is 2.99. The summed E-state index contributed by atoms with van der Waals surface area (Å²) in [6.45, 7) is 5.35. The minimum Gasteiger partial charge on any atom is -0.386 e. The lowest BCUT2D eigenvalue weighted by Crippen LogP contribution is -2.16. The predicted molar refractivity (Wildman–Crippen MR) is 78.3 cm³/mol. The minimum absolute atomic E-state index is 0.417. The third kappa shape index (κ3) is 4.32. The van der Waals surface area contributed by atoms with Gasteiger partial charge >= 0.3 is 0 Å². The molecule has 1 fully saturated rings. The Bertz CT molecular complexity index is 394. The van der Waals surface area contributed by atoms with Crippen LogP contribution in [0.5, 0.6) is 0 Å². The Balaban J connectivity index is 1.78. The van der Waals surface area contributed by atoms with E-state index in [1.54, 1.807) is 0 Å². The number of hydrogen-bond acceptors (Lipinski definition) is 2. The molecule has 2 heteroatoms. The Labute approximate surface area is 116 Å². The van der Waals surface area contributed by atoms with Crippen molar-refractivity contribution in [3.05, 3.63) is 34.9 Å². The second-order valence-electron chi connectivity index (χ2n) is 5.92. The van der Waals surface area contributed by atoms with Crippen LogP contribution in [0.4, 0.5) is 0 Å². The summed E-state index contributed by atoms with van der Waals surface area (Å²) < 4.78 is 5.72. The van der Waals surface area contributed by atoms with Gasteiger partial charge in [-0.25, -0.2) is 0 Å². The van der Waals surface area contributed by atoms with Crippen LogP contribution in [-0.2, 0) is 4.74 Å². The van der Waals surface area contributed by atoms with Crippen LogP contribution in [0.25, 0.3) is 0 Å². The van der Waals surface area contributed by atoms with Gasteiger partial charge < -0.3 is 9.84 Å². The molecule has 0 amide bonds. The highest BCUT2D eigenvalue weighted by molar-refractivity contribution is 5.31. The van der Waals surface area contributed by atoms with Gasteiger partial charge in [0.1, 0.15) is 6.10 Å². The molecular weight excluding hydrogens is 236 g/mol. The summed E-state index contributed by atoms with van der Waals surface area (Å²) >= 11 is 0. The Morgan fingerprint density at radius 2 is 1.95 bits per heavy atom. The van der Waals surface area contributed by atoms with Crippen LogP contribution in [0.2, 0.25) is 0 Å². The monoisotopic (exact) mass is 262 g/mol. The van der Waals surface area contributed by atoms with Gasteiger partial charge in [0.2, 0.25) is 0 Å². The summed E-state index contributed by atoms with van der Waals surface area (Å²) in [6, 6.07) is 6.17. The van der Waals surface area contributed by atoms with Crippen LogP contribution in [0.15, 0.2) is 18.2 Å². The third-order valence-electron chi connectivity index (χ3n) is 4.14. The third-order valence-corrected chi connectivity index (χ3v) is 4.14. The van der Waals surface area contributed by atoms with Crippen molar-refractivity contribution >= 4 is 0 Å². The predicted octanol–water partition coefficient (Wildman–Crippen LogP) is 3.93. The van der Waals surface area contributed by atoms with Gasteiger partial charge in [0.05, 0.1) is 6.61 Å². The van der Waals surface area contributed by atoms with Crippen molar-refractivity contribution in [2.24, 2.45) is 5.92 Å². The lowest BCUT2D eigenvalue weighted by molar-refractivity contribution is 0.0144. The Kier molecular flexibility index (Phi) is 5.41. The molecule has 106 valence electrons. The van der Waals surface area contributed by atoms with E-state index in [1.807, 2.05) is 19.1 Å². The molecule has 0 saturated heterocycles. The van der Waals surface area contributed by atoms with E-state index in [4.69, 9.17) is 4.74 Å². The SMILES string of the molecule is Cc1ccc(C(O)COCC2CCCCC2)c(C)c1. The molecule has 0 aromatic heterocycles. The highest BCUT2D eigenvalue weighted by atomic mass is 16.5. The Morgan fingerprint density at radius 3 is 2.63 bits per heavy atom. The summed E-state index contributed by atoms with van der Waals surface area (Å²) in [4.78, 5) is 0. The van der Waals surface area contributed by atoms with Crippen LogP contribution >= 0.6 is 0 Å². The molecule has 1 aliphatic carbocycles. The molecule has 1 aromatic rings. The Morgan fingerprint density at radius 1 is 1.21 bits per heavy atom. The maximum absolute atomic E-state index is 10.2. The zero-order valence-electron chi connectivity index (χ0n) is 12.2. The number of aliphatic hydroxyl groups excluding tert-OH is 1. The van der Waals surface area contributed by atoms with Gasteiger partial charge in [-0.15, -0.1) is 0 Å². The molecule has 0 bridgehead atoms. The quantitative estimate of drug-likeness (QED) is 0.871. The first kappa shape index (κ1) is 14.5. The Hall–Kier alpha value is -0.860. The lowest BCUT2D eigenvalue weighted by atomic mass is 9.90. The normalized spacial score (nSPS) is 18.5. The maximum Gasteiger partial charge on any atom is 0.103 e. The van der Waals surface area contributed by atoms with Crippen molar-refractivity contribution in [1.82, 2.24) is 0 Å². The average molecular weight is 262 g/mol. The van der Waals surface area contributed by atoms with E-state index in [9.17, 15) is 5.11 Å². The van der Waals surface area contributed by atoms with Gasteiger partial charge in [-0.1, -0.05) is 43.0 Å². The minimum atomic E-state index is -0.496. The van der Waals surface area contributed by atoms with Crippen molar-refractivity contribution in [3.8, 4) is 0 Å². The standard InChI is InChI=1S/C17H26O2/c1-13-8-9-16(14(2)10-13)17(18)12-19-11-15-6-4-3-5-7-15/h8-10,15,17-18H,3-7,11-12H2,1-2H3. The fraction of sp³-hybridized carbons (Fsp3) is 0.647. The molecule has 1 saturated carbocycles. The van der Waals surface area contributed by atoms with Crippen LogP contribution in [0.1, 0.15) is 54.9 Å². The molecule has 0 aliphatic heterocycles. The lowest BCUT2D eigenvalue weighted by Gasteiger charge is -2.22. The first-order valence-electron chi connectivity index (χ1n) is 7.50. The summed E-state index contributed by atoms with van der Waals surface area (Å²) in [5.41, 5.74) is 3.37. The number of ether oxygens (including phenoxy) is 1. The van der Waals surface area contributed by atoms with E-state index in [0.29, 0.717) is 12.5 Å². The summed E-state index contributed by atoms with van der Waals surface area (Å²) in [6.07, 6.45) is 6.15. The molecule has 1 aromatic carbocycles. The second kappa shape index (κ2) is 7.06. The zero-order chi connectivity index (χ0) is 13.7. The number of hydrogen-bond donors (Lipinski definition) is 1.